The molecule has 0 spiro atoms. The summed E-state index contributed by atoms with van der Waals surface area (Å²) in [5.41, 5.74) is -0.124. The molecule has 0 amide bonds. The Bertz CT molecular complexity index is 83.1. The van der Waals surface area contributed by atoms with Crippen molar-refractivity contribution in [2.45, 2.75) is 33.5 Å². The van der Waals surface area contributed by atoms with Crippen molar-refractivity contribution in [2.24, 2.45) is 5.41 Å². The van der Waals surface area contributed by atoms with Crippen LogP contribution < -0.4 is 0 Å². The van der Waals surface area contributed by atoms with Crippen LogP contribution in [0.25, 0.3) is 0 Å². The highest BCUT2D eigenvalue weighted by molar-refractivity contribution is 14.1. The van der Waals surface area contributed by atoms with Crippen LogP contribution in [0.15, 0.2) is 0 Å². The van der Waals surface area contributed by atoms with E-state index in [0.717, 1.165) is 6.42 Å². The van der Waals surface area contributed by atoms with Gasteiger partial charge in [0, 0.05) is 5.41 Å². The van der Waals surface area contributed by atoms with E-state index in [2.05, 4.69) is 0 Å². The Hall–Kier alpha value is 0.650. The molecule has 0 aliphatic heterocycles. The normalized spacial score (nSPS) is 15.7. The lowest BCUT2D eigenvalue weighted by Gasteiger charge is -2.26. The van der Waals surface area contributed by atoms with E-state index in [1.807, 2.05) is 20.8 Å². The smallest absolute Gasteiger partial charge is 0.170 e. The SMILES string of the molecule is CCC(C)(C)C(O)OI. The lowest BCUT2D eigenvalue weighted by atomic mass is 9.90. The zero-order chi connectivity index (χ0) is 7.49. The van der Waals surface area contributed by atoms with Crippen molar-refractivity contribution in [3.8, 4) is 0 Å². The number of rotatable bonds is 3. The quantitative estimate of drug-likeness (QED) is 0.608. The topological polar surface area (TPSA) is 29.5 Å². The largest absolute Gasteiger partial charge is 0.367 e. The van der Waals surface area contributed by atoms with Gasteiger partial charge in [-0.25, -0.2) is 0 Å². The van der Waals surface area contributed by atoms with Gasteiger partial charge in [-0.1, -0.05) is 20.8 Å². The molecule has 0 heterocycles. The lowest BCUT2D eigenvalue weighted by molar-refractivity contribution is -0.0761. The van der Waals surface area contributed by atoms with E-state index in [-0.39, 0.29) is 5.41 Å². The van der Waals surface area contributed by atoms with Gasteiger partial charge in [-0.2, -0.15) is 0 Å². The van der Waals surface area contributed by atoms with Gasteiger partial charge >= 0.3 is 0 Å². The Morgan fingerprint density at radius 1 is 1.67 bits per heavy atom. The summed E-state index contributed by atoms with van der Waals surface area (Å²) >= 11 is 1.71. The first-order chi connectivity index (χ1) is 4.04. The Morgan fingerprint density at radius 2 is 2.11 bits per heavy atom. The Labute approximate surface area is 70.3 Å². The van der Waals surface area contributed by atoms with Crippen molar-refractivity contribution in [2.75, 3.05) is 0 Å². The number of aliphatic hydroxyl groups is 1. The summed E-state index contributed by atoms with van der Waals surface area (Å²) in [6.45, 7) is 5.96. The maximum Gasteiger partial charge on any atom is 0.170 e. The molecule has 3 heteroatoms. The third kappa shape index (κ3) is 2.82. The first kappa shape index (κ1) is 9.65. The molecular formula is C6H13IO2. The van der Waals surface area contributed by atoms with E-state index in [1.54, 1.807) is 23.0 Å². The predicted octanol–water partition coefficient (Wildman–Crippen LogP) is 2.11. The van der Waals surface area contributed by atoms with Gasteiger partial charge < -0.3 is 5.11 Å². The van der Waals surface area contributed by atoms with Crippen LogP contribution in [0.3, 0.4) is 0 Å². The molecule has 0 saturated carbocycles. The van der Waals surface area contributed by atoms with Crippen LogP contribution in [0.4, 0.5) is 0 Å². The molecule has 0 aromatic rings. The van der Waals surface area contributed by atoms with Gasteiger partial charge in [-0.15, -0.1) is 0 Å². The standard InChI is InChI=1S/C6H13IO2/c1-4-6(2,3)5(8)9-7/h5,8H,4H2,1-3H3. The van der Waals surface area contributed by atoms with Crippen LogP contribution in [0.1, 0.15) is 27.2 Å². The second-order valence-corrected chi connectivity index (χ2v) is 3.29. The minimum atomic E-state index is -0.650. The summed E-state index contributed by atoms with van der Waals surface area (Å²) in [5, 5.41) is 9.16. The Morgan fingerprint density at radius 3 is 2.22 bits per heavy atom. The maximum atomic E-state index is 9.16. The number of hydrogen-bond donors (Lipinski definition) is 1. The van der Waals surface area contributed by atoms with Crippen LogP contribution in [0.5, 0.6) is 0 Å². The van der Waals surface area contributed by atoms with E-state index in [4.69, 9.17) is 8.17 Å². The average Bonchev–Trinajstić information content (AvgIpc) is 1.86. The average molecular weight is 244 g/mol. The van der Waals surface area contributed by atoms with E-state index >= 15 is 0 Å². The highest BCUT2D eigenvalue weighted by Gasteiger charge is 2.25. The molecule has 1 unspecified atom stereocenters. The van der Waals surface area contributed by atoms with E-state index < -0.39 is 6.29 Å². The molecule has 0 saturated heterocycles. The molecule has 0 aromatic heterocycles. The zero-order valence-corrected chi connectivity index (χ0v) is 8.18. The molecule has 1 N–H and O–H groups in total. The molecular weight excluding hydrogens is 231 g/mol. The monoisotopic (exact) mass is 244 g/mol. The molecule has 0 rings (SSSR count). The lowest BCUT2D eigenvalue weighted by Crippen LogP contribution is -2.28. The minimum absolute atomic E-state index is 0.124. The van der Waals surface area contributed by atoms with E-state index in [9.17, 15) is 0 Å². The van der Waals surface area contributed by atoms with Crippen molar-refractivity contribution in [3.05, 3.63) is 0 Å². The van der Waals surface area contributed by atoms with Crippen LogP contribution >= 0.6 is 23.0 Å². The van der Waals surface area contributed by atoms with Gasteiger partial charge in [0.2, 0.25) is 0 Å². The predicted molar refractivity (Wildman–Crippen MR) is 45.2 cm³/mol. The second-order valence-electron chi connectivity index (χ2n) is 2.78. The summed E-state index contributed by atoms with van der Waals surface area (Å²) in [6.07, 6.45) is 0.264. The van der Waals surface area contributed by atoms with Crippen LogP contribution in [0.2, 0.25) is 0 Å². The highest BCUT2D eigenvalue weighted by atomic mass is 127. The molecule has 0 aromatic carbocycles. The Balaban J connectivity index is 3.80. The highest BCUT2D eigenvalue weighted by Crippen LogP contribution is 2.26. The van der Waals surface area contributed by atoms with Gasteiger partial charge in [-0.3, -0.25) is 3.07 Å². The van der Waals surface area contributed by atoms with Crippen molar-refractivity contribution in [1.82, 2.24) is 0 Å². The summed E-state index contributed by atoms with van der Waals surface area (Å²) in [6, 6.07) is 0. The number of aliphatic hydroxyl groups excluding tert-OH is 1. The number of hydrogen-bond acceptors (Lipinski definition) is 2. The van der Waals surface area contributed by atoms with E-state index in [0.29, 0.717) is 0 Å². The molecule has 0 radical (unpaired) electrons. The molecule has 56 valence electrons. The van der Waals surface area contributed by atoms with Crippen molar-refractivity contribution in [1.29, 1.82) is 0 Å². The summed E-state index contributed by atoms with van der Waals surface area (Å²) < 4.78 is 4.73. The fourth-order valence-corrected chi connectivity index (χ4v) is 0.984. The molecule has 2 nitrogen and oxygen atoms in total. The first-order valence-corrected chi connectivity index (χ1v) is 3.88. The third-order valence-corrected chi connectivity index (χ3v) is 2.15. The fourth-order valence-electron chi connectivity index (χ4n) is 0.295. The zero-order valence-electron chi connectivity index (χ0n) is 6.02. The summed E-state index contributed by atoms with van der Waals surface area (Å²) in [5.74, 6) is 0. The van der Waals surface area contributed by atoms with Crippen LogP contribution in [-0.2, 0) is 3.07 Å². The van der Waals surface area contributed by atoms with Crippen LogP contribution in [0, 0.1) is 5.41 Å². The van der Waals surface area contributed by atoms with Gasteiger partial charge in [-0.05, 0) is 6.42 Å². The molecule has 0 aliphatic rings. The van der Waals surface area contributed by atoms with Crippen molar-refractivity contribution < 1.29 is 8.17 Å². The van der Waals surface area contributed by atoms with Gasteiger partial charge in [0.15, 0.2) is 6.29 Å². The maximum absolute atomic E-state index is 9.16. The third-order valence-electron chi connectivity index (χ3n) is 1.66. The van der Waals surface area contributed by atoms with Crippen LogP contribution in [-0.4, -0.2) is 11.4 Å². The summed E-state index contributed by atoms with van der Waals surface area (Å²) in [7, 11) is 0. The Kier molecular flexibility index (Phi) is 4.00. The van der Waals surface area contributed by atoms with Gasteiger partial charge in [0.1, 0.15) is 23.0 Å². The van der Waals surface area contributed by atoms with Crippen molar-refractivity contribution >= 4 is 23.0 Å². The molecule has 0 fully saturated rings. The molecule has 0 bridgehead atoms. The van der Waals surface area contributed by atoms with Gasteiger partial charge in [0.05, 0.1) is 0 Å². The minimum Gasteiger partial charge on any atom is -0.367 e. The summed E-state index contributed by atoms with van der Waals surface area (Å²) in [4.78, 5) is 0. The fraction of sp³-hybridized carbons (Fsp3) is 1.00. The number of halogens is 1. The second kappa shape index (κ2) is 3.73. The first-order valence-electron chi connectivity index (χ1n) is 3.00. The van der Waals surface area contributed by atoms with Crippen molar-refractivity contribution in [3.63, 3.8) is 0 Å². The molecule has 9 heavy (non-hydrogen) atoms. The van der Waals surface area contributed by atoms with Gasteiger partial charge in [0.25, 0.3) is 0 Å². The van der Waals surface area contributed by atoms with E-state index in [1.165, 1.54) is 0 Å². The molecule has 1 atom stereocenters. The molecule has 0 aliphatic carbocycles.